The van der Waals surface area contributed by atoms with Gasteiger partial charge in [-0.3, -0.25) is 9.59 Å². The Morgan fingerprint density at radius 3 is 2.61 bits per heavy atom. The third-order valence-corrected chi connectivity index (χ3v) is 5.28. The molecule has 1 aromatic heterocycles. The number of pyridine rings is 1. The van der Waals surface area contributed by atoms with Crippen LogP contribution in [0.1, 0.15) is 43.5 Å². The van der Waals surface area contributed by atoms with E-state index >= 15 is 0 Å². The summed E-state index contributed by atoms with van der Waals surface area (Å²) in [7, 11) is 0. The van der Waals surface area contributed by atoms with Crippen LogP contribution in [0.3, 0.4) is 0 Å². The Morgan fingerprint density at radius 1 is 1.25 bits per heavy atom. The number of aromatic nitrogens is 1. The zero-order chi connectivity index (χ0) is 20.1. The molecule has 3 atom stereocenters. The molecule has 0 spiro atoms. The lowest BCUT2D eigenvalue weighted by atomic mass is 9.83. The van der Waals surface area contributed by atoms with Gasteiger partial charge in [0.25, 0.3) is 5.91 Å². The van der Waals surface area contributed by atoms with Gasteiger partial charge in [0.2, 0.25) is 5.91 Å². The second-order valence-corrected chi connectivity index (χ2v) is 7.83. The van der Waals surface area contributed by atoms with Crippen LogP contribution in [0.5, 0.6) is 0 Å². The van der Waals surface area contributed by atoms with E-state index in [0.29, 0.717) is 38.0 Å². The molecule has 1 aromatic rings. The Bertz CT molecular complexity index is 673. The second kappa shape index (κ2) is 9.34. The number of carbonyl (C=O) groups excluding carboxylic acids is 2. The van der Waals surface area contributed by atoms with Crippen LogP contribution in [-0.4, -0.2) is 66.4 Å². The van der Waals surface area contributed by atoms with Gasteiger partial charge in [-0.25, -0.2) is 4.98 Å². The SMILES string of the molecule is CC(C)NC(=O)[C@H]1CC[C@H](NC(=O)c2ccc(N3CCOCC3)nc2)[C@@H](O)C1. The Balaban J connectivity index is 1.52. The van der Waals surface area contributed by atoms with Crippen LogP contribution in [-0.2, 0) is 9.53 Å². The molecule has 1 saturated heterocycles. The molecule has 2 aliphatic rings. The molecule has 2 fully saturated rings. The van der Waals surface area contributed by atoms with E-state index in [9.17, 15) is 14.7 Å². The number of hydrogen-bond acceptors (Lipinski definition) is 6. The highest BCUT2D eigenvalue weighted by molar-refractivity contribution is 5.94. The fourth-order valence-corrected chi connectivity index (χ4v) is 3.71. The number of ether oxygens (including phenoxy) is 1. The first-order valence-electron chi connectivity index (χ1n) is 10.0. The van der Waals surface area contributed by atoms with Crippen molar-refractivity contribution in [3.05, 3.63) is 23.9 Å². The lowest BCUT2D eigenvalue weighted by molar-refractivity contribution is -0.128. The van der Waals surface area contributed by atoms with Crippen molar-refractivity contribution in [3.8, 4) is 0 Å². The summed E-state index contributed by atoms with van der Waals surface area (Å²) in [5.41, 5.74) is 0.462. The first-order valence-corrected chi connectivity index (χ1v) is 10.0. The van der Waals surface area contributed by atoms with E-state index in [-0.39, 0.29) is 29.8 Å². The standard InChI is InChI=1S/C20H30N4O4/c1-13(2)22-19(26)14-3-5-16(17(25)11-14)23-20(27)15-4-6-18(21-12-15)24-7-9-28-10-8-24/h4,6,12-14,16-17,25H,3,5,7-11H2,1-2H3,(H,22,26)(H,23,27)/t14-,16-,17-/m0/s1. The van der Waals surface area contributed by atoms with Gasteiger partial charge in [0.15, 0.2) is 0 Å². The number of nitrogens with zero attached hydrogens (tertiary/aromatic N) is 2. The highest BCUT2D eigenvalue weighted by Crippen LogP contribution is 2.25. The van der Waals surface area contributed by atoms with Crippen LogP contribution in [0.2, 0.25) is 0 Å². The molecule has 8 heteroatoms. The van der Waals surface area contributed by atoms with Gasteiger partial charge in [0, 0.05) is 31.2 Å². The molecule has 0 radical (unpaired) electrons. The van der Waals surface area contributed by atoms with E-state index in [4.69, 9.17) is 4.74 Å². The first-order chi connectivity index (χ1) is 13.4. The van der Waals surface area contributed by atoms with Crippen molar-refractivity contribution in [2.45, 2.75) is 51.3 Å². The van der Waals surface area contributed by atoms with Crippen molar-refractivity contribution < 1.29 is 19.4 Å². The average molecular weight is 390 g/mol. The van der Waals surface area contributed by atoms with E-state index in [1.807, 2.05) is 19.9 Å². The monoisotopic (exact) mass is 390 g/mol. The van der Waals surface area contributed by atoms with Gasteiger partial charge in [-0.15, -0.1) is 0 Å². The van der Waals surface area contributed by atoms with Gasteiger partial charge in [-0.2, -0.15) is 0 Å². The molecule has 0 bridgehead atoms. The minimum atomic E-state index is -0.735. The van der Waals surface area contributed by atoms with Crippen LogP contribution in [0, 0.1) is 5.92 Å². The number of morpholine rings is 1. The third kappa shape index (κ3) is 5.20. The molecular formula is C20H30N4O4. The lowest BCUT2D eigenvalue weighted by Crippen LogP contribution is -2.49. The summed E-state index contributed by atoms with van der Waals surface area (Å²) < 4.78 is 5.34. The van der Waals surface area contributed by atoms with Crippen LogP contribution in [0.25, 0.3) is 0 Å². The molecule has 2 amide bonds. The predicted molar refractivity (Wildman–Crippen MR) is 105 cm³/mol. The first kappa shape index (κ1) is 20.5. The molecule has 28 heavy (non-hydrogen) atoms. The lowest BCUT2D eigenvalue weighted by Gasteiger charge is -2.33. The molecule has 0 aromatic carbocycles. The number of aliphatic hydroxyl groups is 1. The zero-order valence-electron chi connectivity index (χ0n) is 16.6. The van der Waals surface area contributed by atoms with E-state index in [2.05, 4.69) is 20.5 Å². The summed E-state index contributed by atoms with van der Waals surface area (Å²) in [4.78, 5) is 31.2. The van der Waals surface area contributed by atoms with Gasteiger partial charge < -0.3 is 25.4 Å². The van der Waals surface area contributed by atoms with Gasteiger partial charge >= 0.3 is 0 Å². The van der Waals surface area contributed by atoms with Crippen LogP contribution in [0.15, 0.2) is 18.3 Å². The fraction of sp³-hybridized carbons (Fsp3) is 0.650. The largest absolute Gasteiger partial charge is 0.391 e. The molecule has 0 unspecified atom stereocenters. The van der Waals surface area contributed by atoms with Crippen LogP contribution in [0.4, 0.5) is 5.82 Å². The second-order valence-electron chi connectivity index (χ2n) is 7.83. The number of nitrogens with one attached hydrogen (secondary N) is 2. The van der Waals surface area contributed by atoms with Crippen molar-refractivity contribution in [3.63, 3.8) is 0 Å². The molecule has 1 aliphatic carbocycles. The summed E-state index contributed by atoms with van der Waals surface area (Å²) in [6.45, 7) is 6.77. The average Bonchev–Trinajstić information content (AvgIpc) is 2.69. The molecular weight excluding hydrogens is 360 g/mol. The van der Waals surface area contributed by atoms with Crippen molar-refractivity contribution in [2.75, 3.05) is 31.2 Å². The highest BCUT2D eigenvalue weighted by atomic mass is 16.5. The highest BCUT2D eigenvalue weighted by Gasteiger charge is 2.34. The maximum atomic E-state index is 12.5. The fourth-order valence-electron chi connectivity index (χ4n) is 3.71. The minimum absolute atomic E-state index is 0.0262. The molecule has 154 valence electrons. The number of aliphatic hydroxyl groups excluding tert-OH is 1. The smallest absolute Gasteiger partial charge is 0.253 e. The Hall–Kier alpha value is -2.19. The van der Waals surface area contributed by atoms with Gasteiger partial charge in [-0.1, -0.05) is 0 Å². The molecule has 3 rings (SSSR count). The number of amides is 2. The maximum Gasteiger partial charge on any atom is 0.253 e. The molecule has 2 heterocycles. The van der Waals surface area contributed by atoms with Crippen molar-refractivity contribution in [1.82, 2.24) is 15.6 Å². The van der Waals surface area contributed by atoms with E-state index in [1.54, 1.807) is 12.3 Å². The minimum Gasteiger partial charge on any atom is -0.391 e. The van der Waals surface area contributed by atoms with Gasteiger partial charge in [0.05, 0.1) is 30.9 Å². The molecule has 1 saturated carbocycles. The van der Waals surface area contributed by atoms with Crippen LogP contribution < -0.4 is 15.5 Å². The third-order valence-electron chi connectivity index (χ3n) is 5.28. The quantitative estimate of drug-likeness (QED) is 0.684. The number of hydrogen-bond donors (Lipinski definition) is 3. The molecule has 3 N–H and O–H groups in total. The summed E-state index contributed by atoms with van der Waals surface area (Å²) in [5.74, 6) is 0.341. The summed E-state index contributed by atoms with van der Waals surface area (Å²) in [6, 6.07) is 3.31. The normalized spacial score (nSPS) is 25.4. The summed E-state index contributed by atoms with van der Waals surface area (Å²) in [6.07, 6.45) is 2.41. The van der Waals surface area contributed by atoms with Gasteiger partial charge in [0.1, 0.15) is 5.82 Å². The van der Waals surface area contributed by atoms with E-state index in [1.165, 1.54) is 0 Å². The predicted octanol–water partition coefficient (Wildman–Crippen LogP) is 0.702. The Morgan fingerprint density at radius 2 is 2.00 bits per heavy atom. The van der Waals surface area contributed by atoms with Crippen molar-refractivity contribution in [1.29, 1.82) is 0 Å². The summed E-state index contributed by atoms with van der Waals surface area (Å²) in [5, 5.41) is 16.2. The molecule has 8 nitrogen and oxygen atoms in total. The van der Waals surface area contributed by atoms with E-state index in [0.717, 1.165) is 18.9 Å². The Kier molecular flexibility index (Phi) is 6.85. The number of carbonyl (C=O) groups is 2. The van der Waals surface area contributed by atoms with Crippen molar-refractivity contribution >= 4 is 17.6 Å². The van der Waals surface area contributed by atoms with Gasteiger partial charge in [-0.05, 0) is 45.2 Å². The maximum absolute atomic E-state index is 12.5. The van der Waals surface area contributed by atoms with E-state index < -0.39 is 6.10 Å². The molecule has 1 aliphatic heterocycles. The Labute approximate surface area is 165 Å². The van der Waals surface area contributed by atoms with Crippen molar-refractivity contribution in [2.24, 2.45) is 5.92 Å². The zero-order valence-corrected chi connectivity index (χ0v) is 16.6. The topological polar surface area (TPSA) is 104 Å². The van der Waals surface area contributed by atoms with Crippen LogP contribution >= 0.6 is 0 Å². The number of rotatable bonds is 5. The number of anilines is 1. The summed E-state index contributed by atoms with van der Waals surface area (Å²) >= 11 is 0.